The van der Waals surface area contributed by atoms with E-state index in [1.165, 1.54) is 33.4 Å². The van der Waals surface area contributed by atoms with Crippen molar-refractivity contribution in [3.05, 3.63) is 294 Å². The van der Waals surface area contributed by atoms with Crippen molar-refractivity contribution in [1.29, 1.82) is 0 Å². The van der Waals surface area contributed by atoms with Crippen molar-refractivity contribution in [3.63, 3.8) is 0 Å². The van der Waals surface area contributed by atoms with Gasteiger partial charge in [0, 0.05) is 77.9 Å². The summed E-state index contributed by atoms with van der Waals surface area (Å²) < 4.78 is 9.92. The third-order valence-electron chi connectivity index (χ3n) is 17.2. The Morgan fingerprint density at radius 1 is 0.459 bits per heavy atom. The van der Waals surface area contributed by atoms with E-state index in [0.29, 0.717) is 11.5 Å². The van der Waals surface area contributed by atoms with E-state index in [1.807, 2.05) is 6.20 Å². The largest absolute Gasteiger partial charge is 0.509 e. The number of hydrogen-bond acceptors (Lipinski definition) is 4. The number of nitrogens with zero attached hydrogens (tertiary/aromatic N) is 4. The van der Waals surface area contributed by atoms with Crippen molar-refractivity contribution in [1.82, 2.24) is 9.55 Å². The average molecular weight is 1280 g/mol. The van der Waals surface area contributed by atoms with Gasteiger partial charge >= 0.3 is 0 Å². The Kier molecular flexibility index (Phi) is 13.7. The summed E-state index contributed by atoms with van der Waals surface area (Å²) in [5.74, 6) is 2.05. The van der Waals surface area contributed by atoms with E-state index < -0.39 is 5.41 Å². The molecule has 6 heteroatoms. The number of pyridine rings is 1. The van der Waals surface area contributed by atoms with Crippen molar-refractivity contribution in [2.75, 3.05) is 9.80 Å². The van der Waals surface area contributed by atoms with E-state index in [9.17, 15) is 0 Å². The first-order valence-corrected chi connectivity index (χ1v) is 29.3. The molecule has 0 atom stereocenters. The van der Waals surface area contributed by atoms with Crippen LogP contribution in [0.25, 0.3) is 61.0 Å². The Morgan fingerprint density at radius 3 is 1.60 bits per heavy atom. The van der Waals surface area contributed by atoms with Crippen LogP contribution in [0.5, 0.6) is 11.5 Å². The van der Waals surface area contributed by atoms with Crippen LogP contribution in [0.3, 0.4) is 0 Å². The first kappa shape index (κ1) is 55.4. The van der Waals surface area contributed by atoms with Gasteiger partial charge in [0.1, 0.15) is 5.82 Å². The van der Waals surface area contributed by atoms with Gasteiger partial charge in [0.25, 0.3) is 0 Å². The molecule has 0 fully saturated rings. The predicted octanol–water partition coefficient (Wildman–Crippen LogP) is 20.6. The fraction of sp³-hybridized carbons (Fsp3) is 0.165. The van der Waals surface area contributed by atoms with Gasteiger partial charge in [-0.1, -0.05) is 243 Å². The first-order valence-electron chi connectivity index (χ1n) is 29.3. The van der Waals surface area contributed by atoms with E-state index in [0.717, 1.165) is 89.3 Å². The first-order chi connectivity index (χ1) is 40.6. The predicted molar refractivity (Wildman–Crippen MR) is 349 cm³/mol. The molecule has 2 aromatic heterocycles. The second-order valence-electron chi connectivity index (χ2n) is 25.7. The minimum Gasteiger partial charge on any atom is -0.509 e. The number of hydrogen-bond donors (Lipinski definition) is 0. The van der Waals surface area contributed by atoms with Crippen LogP contribution in [0.2, 0.25) is 0 Å². The van der Waals surface area contributed by atoms with Gasteiger partial charge in [0.15, 0.2) is 0 Å². The van der Waals surface area contributed by atoms with Crippen molar-refractivity contribution >= 4 is 44.6 Å². The second kappa shape index (κ2) is 21.1. The fourth-order valence-corrected chi connectivity index (χ4v) is 13.0. The normalized spacial score (nSPS) is 13.6. The molecule has 0 saturated carbocycles. The molecule has 12 aromatic rings. The Hall–Kier alpha value is -8.76. The maximum absolute atomic E-state index is 7.67. The van der Waals surface area contributed by atoms with Gasteiger partial charge in [-0.25, -0.2) is 4.98 Å². The van der Waals surface area contributed by atoms with Crippen LogP contribution in [0.15, 0.2) is 237 Å². The van der Waals surface area contributed by atoms with Crippen LogP contribution < -0.4 is 14.5 Å². The van der Waals surface area contributed by atoms with Gasteiger partial charge in [0.2, 0.25) is 0 Å². The molecule has 0 amide bonds. The van der Waals surface area contributed by atoms with E-state index in [1.54, 1.807) is 0 Å². The molecular formula is C79H67N4OPt-3. The number of benzene rings is 10. The smallest absolute Gasteiger partial charge is 0.135 e. The Labute approximate surface area is 515 Å². The molecule has 0 radical (unpaired) electrons. The monoisotopic (exact) mass is 1280 g/mol. The van der Waals surface area contributed by atoms with E-state index in [4.69, 9.17) is 9.72 Å². The van der Waals surface area contributed by atoms with E-state index in [-0.39, 0.29) is 37.3 Å². The Morgan fingerprint density at radius 2 is 1.00 bits per heavy atom. The molecule has 3 heterocycles. The Bertz CT molecular complexity index is 4400. The number of fused-ring (bicyclic) bond motifs is 7. The molecule has 1 aliphatic carbocycles. The van der Waals surface area contributed by atoms with Crippen LogP contribution >= 0.6 is 0 Å². The minimum absolute atomic E-state index is 0. The molecule has 0 spiro atoms. The summed E-state index contributed by atoms with van der Waals surface area (Å²) in [6.45, 7) is 22.7. The second-order valence-corrected chi connectivity index (χ2v) is 25.7. The Balaban J connectivity index is 0.00000672. The number of aromatic nitrogens is 2. The molecule has 14 rings (SSSR count). The summed E-state index contributed by atoms with van der Waals surface area (Å²) in [5, 5.41) is 2.23. The molecule has 422 valence electrons. The van der Waals surface area contributed by atoms with E-state index >= 15 is 0 Å². The van der Waals surface area contributed by atoms with E-state index in [2.05, 4.69) is 326 Å². The molecule has 85 heavy (non-hydrogen) atoms. The minimum atomic E-state index is -0.754. The van der Waals surface area contributed by atoms with Gasteiger partial charge < -0.3 is 19.1 Å². The quantitative estimate of drug-likeness (QED) is 0.135. The molecule has 0 bridgehead atoms. The number of para-hydroxylation sites is 3. The number of rotatable bonds is 9. The summed E-state index contributed by atoms with van der Waals surface area (Å²) in [6.07, 6.45) is 1.93. The molecule has 1 aliphatic heterocycles. The number of ether oxygens (including phenoxy) is 1. The van der Waals surface area contributed by atoms with Crippen LogP contribution in [0.1, 0.15) is 101 Å². The van der Waals surface area contributed by atoms with Gasteiger partial charge in [-0.2, -0.15) is 6.07 Å². The average Bonchev–Trinajstić information content (AvgIpc) is 1.75. The third kappa shape index (κ3) is 9.40. The standard InChI is InChI=1S/C79H67N4O.Pt/c1-76(2,3)55-41-42-80-74(47-55)83-69-38-24-21-35-62(69)65-49-68(78(7,8)9)73(50-72(65)83)84-59-44-57(79(54-31-17-12-18-32-54)66-36-22-19-33-60(66)61-34-20-23-37-67(61)79)43-58(48-59)81-51-82(71-40-26-25-39-70(71)81)75-63(52-27-13-10-14-28-52)45-56(77(4,5)6)46-64(75)53-29-15-11-16-30-53;/h10-47,49,51H,1-9H3;/q-3;. The molecule has 0 N–H and O–H groups in total. The van der Waals surface area contributed by atoms with Crippen molar-refractivity contribution < 1.29 is 25.8 Å². The molecule has 0 unspecified atom stereocenters. The zero-order valence-electron chi connectivity index (χ0n) is 49.6. The SMILES string of the molecule is CC(C)(C)c1ccnc(-n2c3[c-]c(Oc4[c-]c(N5[CH-]N(c6c(-c7ccccc7)cc(C(C)(C)C)cc6-c6ccccc6)c6ccccc65)cc(C5(c6ccccc6)c6ccccc6-c6ccccc65)c4)c(C(C)(C)C)cc3c3ccccc32)c1.[Pt]. The summed E-state index contributed by atoms with van der Waals surface area (Å²) >= 11 is 0. The van der Waals surface area contributed by atoms with Crippen LogP contribution in [0.4, 0.5) is 22.7 Å². The van der Waals surface area contributed by atoms with Gasteiger partial charge in [-0.05, 0) is 109 Å². The van der Waals surface area contributed by atoms with Crippen molar-refractivity contribution in [3.8, 4) is 50.7 Å². The van der Waals surface area contributed by atoms with Gasteiger partial charge in [0.05, 0.1) is 0 Å². The van der Waals surface area contributed by atoms with Gasteiger partial charge in [-0.15, -0.1) is 53.1 Å². The summed E-state index contributed by atoms with van der Waals surface area (Å²) in [7, 11) is 0. The maximum Gasteiger partial charge on any atom is 0.135 e. The summed E-state index contributed by atoms with van der Waals surface area (Å²) in [5.41, 5.74) is 19.8. The van der Waals surface area contributed by atoms with Crippen molar-refractivity contribution in [2.24, 2.45) is 0 Å². The third-order valence-corrected chi connectivity index (χ3v) is 17.2. The zero-order valence-corrected chi connectivity index (χ0v) is 51.9. The van der Waals surface area contributed by atoms with Gasteiger partial charge in [-0.3, -0.25) is 0 Å². The molecular weight excluding hydrogens is 1220 g/mol. The number of anilines is 4. The van der Waals surface area contributed by atoms with Crippen LogP contribution in [0, 0.1) is 18.8 Å². The summed E-state index contributed by atoms with van der Waals surface area (Å²) in [6, 6.07) is 92.1. The summed E-state index contributed by atoms with van der Waals surface area (Å²) in [4.78, 5) is 9.78. The van der Waals surface area contributed by atoms with Crippen LogP contribution in [-0.2, 0) is 42.7 Å². The fourth-order valence-electron chi connectivity index (χ4n) is 13.0. The molecule has 2 aliphatic rings. The molecule has 10 aromatic carbocycles. The van der Waals surface area contributed by atoms with Crippen molar-refractivity contribution in [2.45, 2.75) is 84.0 Å². The maximum atomic E-state index is 7.67. The molecule has 0 saturated heterocycles. The topological polar surface area (TPSA) is 33.5 Å². The molecule has 5 nitrogen and oxygen atoms in total. The van der Waals surface area contributed by atoms with Crippen LogP contribution in [-0.4, -0.2) is 9.55 Å². The zero-order chi connectivity index (χ0) is 57.7.